The number of rotatable bonds is 5. The summed E-state index contributed by atoms with van der Waals surface area (Å²) in [4.78, 5) is 20.0. The lowest BCUT2D eigenvalue weighted by molar-refractivity contribution is -0.117. The molecule has 156 valence electrons. The summed E-state index contributed by atoms with van der Waals surface area (Å²) >= 11 is 0. The summed E-state index contributed by atoms with van der Waals surface area (Å²) in [5.41, 5.74) is 6.92. The van der Waals surface area contributed by atoms with Crippen LogP contribution in [0.1, 0.15) is 41.8 Å². The average Bonchev–Trinajstić information content (AvgIpc) is 3.36. The van der Waals surface area contributed by atoms with Crippen molar-refractivity contribution in [1.29, 1.82) is 0 Å². The highest BCUT2D eigenvalue weighted by Crippen LogP contribution is 2.35. The Hall–Kier alpha value is -3.40. The molecule has 0 bridgehead atoms. The van der Waals surface area contributed by atoms with Crippen LogP contribution in [0.4, 0.5) is 5.69 Å². The molecule has 5 rings (SSSR count). The number of fused-ring (bicyclic) bond motifs is 1. The Morgan fingerprint density at radius 2 is 1.65 bits per heavy atom. The van der Waals surface area contributed by atoms with Gasteiger partial charge in [0.2, 0.25) is 5.91 Å². The molecule has 0 unspecified atom stereocenters. The lowest BCUT2D eigenvalue weighted by Gasteiger charge is -2.20. The van der Waals surface area contributed by atoms with Crippen molar-refractivity contribution < 1.29 is 4.79 Å². The van der Waals surface area contributed by atoms with Gasteiger partial charge < -0.3 is 9.47 Å². The molecule has 31 heavy (non-hydrogen) atoms. The molecule has 1 aromatic heterocycles. The maximum Gasteiger partial charge on any atom is 0.227 e. The standard InChI is InChI=1S/C27H27N3O/c1-3-20-11-6-8-14-24(20)29-18-22(16-26(29)31)27-28-23-13-7-9-15-25(23)30(27)17-21-12-5-4-10-19(21)2/h4-15,22H,3,16-18H2,1-2H3/t22-/m1/s1. The molecule has 4 nitrogen and oxygen atoms in total. The van der Waals surface area contributed by atoms with E-state index in [4.69, 9.17) is 4.98 Å². The Morgan fingerprint density at radius 3 is 2.45 bits per heavy atom. The van der Waals surface area contributed by atoms with Crippen LogP contribution in [0.5, 0.6) is 0 Å². The number of anilines is 1. The number of amides is 1. The zero-order chi connectivity index (χ0) is 21.4. The first-order chi connectivity index (χ1) is 15.2. The summed E-state index contributed by atoms with van der Waals surface area (Å²) in [5, 5.41) is 0. The van der Waals surface area contributed by atoms with Crippen LogP contribution >= 0.6 is 0 Å². The van der Waals surface area contributed by atoms with Gasteiger partial charge in [-0.15, -0.1) is 0 Å². The molecular formula is C27H27N3O. The fourth-order valence-corrected chi connectivity index (χ4v) is 4.72. The highest BCUT2D eigenvalue weighted by atomic mass is 16.2. The Morgan fingerprint density at radius 1 is 0.935 bits per heavy atom. The highest BCUT2D eigenvalue weighted by Gasteiger charge is 2.35. The van der Waals surface area contributed by atoms with E-state index in [0.717, 1.165) is 35.5 Å². The number of carbonyl (C=O) groups is 1. The van der Waals surface area contributed by atoms with Crippen LogP contribution in [0, 0.1) is 6.92 Å². The topological polar surface area (TPSA) is 38.1 Å². The molecule has 0 N–H and O–H groups in total. The zero-order valence-electron chi connectivity index (χ0n) is 18.1. The molecule has 4 heteroatoms. The van der Waals surface area contributed by atoms with Crippen LogP contribution in [0.15, 0.2) is 72.8 Å². The molecular weight excluding hydrogens is 382 g/mol. The number of carbonyl (C=O) groups excluding carboxylic acids is 1. The highest BCUT2D eigenvalue weighted by molar-refractivity contribution is 5.97. The third-order valence-corrected chi connectivity index (χ3v) is 6.43. The minimum absolute atomic E-state index is 0.0776. The van der Waals surface area contributed by atoms with Gasteiger partial charge in [0.15, 0.2) is 0 Å². The van der Waals surface area contributed by atoms with E-state index < -0.39 is 0 Å². The number of aryl methyl sites for hydroxylation is 2. The molecule has 0 aliphatic carbocycles. The van der Waals surface area contributed by atoms with Crippen molar-refractivity contribution >= 4 is 22.6 Å². The Kier molecular flexibility index (Phi) is 5.06. The first kappa shape index (κ1) is 19.6. The van der Waals surface area contributed by atoms with E-state index in [-0.39, 0.29) is 11.8 Å². The molecule has 2 heterocycles. The van der Waals surface area contributed by atoms with Crippen LogP contribution < -0.4 is 4.90 Å². The van der Waals surface area contributed by atoms with Crippen LogP contribution in [-0.4, -0.2) is 22.0 Å². The molecule has 4 aromatic rings. The first-order valence-corrected chi connectivity index (χ1v) is 11.0. The number of para-hydroxylation sites is 3. The third kappa shape index (κ3) is 3.52. The number of benzene rings is 3. The number of hydrogen-bond donors (Lipinski definition) is 0. The molecule has 0 spiro atoms. The fraction of sp³-hybridized carbons (Fsp3) is 0.259. The van der Waals surface area contributed by atoms with E-state index >= 15 is 0 Å². The second-order valence-corrected chi connectivity index (χ2v) is 8.36. The van der Waals surface area contributed by atoms with Crippen molar-refractivity contribution in [2.24, 2.45) is 0 Å². The Bertz CT molecular complexity index is 1260. The van der Waals surface area contributed by atoms with Gasteiger partial charge >= 0.3 is 0 Å². The van der Waals surface area contributed by atoms with Gasteiger partial charge in [0.1, 0.15) is 5.82 Å². The van der Waals surface area contributed by atoms with Gasteiger partial charge in [0.25, 0.3) is 0 Å². The molecule has 1 amide bonds. The predicted molar refractivity (Wildman–Crippen MR) is 126 cm³/mol. The number of hydrogen-bond acceptors (Lipinski definition) is 2. The summed E-state index contributed by atoms with van der Waals surface area (Å²) in [6.45, 7) is 5.72. The van der Waals surface area contributed by atoms with Crippen molar-refractivity contribution in [2.75, 3.05) is 11.4 Å². The molecule has 0 radical (unpaired) electrons. The third-order valence-electron chi connectivity index (χ3n) is 6.43. The first-order valence-electron chi connectivity index (χ1n) is 11.0. The van der Waals surface area contributed by atoms with Crippen molar-refractivity contribution in [2.45, 2.75) is 39.2 Å². The summed E-state index contributed by atoms with van der Waals surface area (Å²) in [6, 6.07) is 25.0. The predicted octanol–water partition coefficient (Wildman–Crippen LogP) is 5.48. The van der Waals surface area contributed by atoms with Gasteiger partial charge in [-0.25, -0.2) is 4.98 Å². The Balaban J connectivity index is 1.55. The molecule has 1 aliphatic rings. The molecule has 0 saturated carbocycles. The minimum Gasteiger partial charge on any atom is -0.323 e. The van der Waals surface area contributed by atoms with E-state index in [1.807, 2.05) is 23.1 Å². The van der Waals surface area contributed by atoms with Crippen LogP contribution in [0.25, 0.3) is 11.0 Å². The van der Waals surface area contributed by atoms with Crippen molar-refractivity contribution in [3.05, 3.63) is 95.3 Å². The fourth-order valence-electron chi connectivity index (χ4n) is 4.72. The maximum absolute atomic E-state index is 13.1. The second-order valence-electron chi connectivity index (χ2n) is 8.36. The summed E-state index contributed by atoms with van der Waals surface area (Å²) in [6.07, 6.45) is 1.41. The Labute approximate surface area is 183 Å². The lowest BCUT2D eigenvalue weighted by atomic mass is 10.1. The largest absolute Gasteiger partial charge is 0.323 e. The molecule has 1 fully saturated rings. The minimum atomic E-state index is 0.0776. The van der Waals surface area contributed by atoms with Gasteiger partial charge in [-0.05, 0) is 48.2 Å². The smallest absolute Gasteiger partial charge is 0.227 e. The van der Waals surface area contributed by atoms with E-state index in [2.05, 4.69) is 73.0 Å². The van der Waals surface area contributed by atoms with Crippen molar-refractivity contribution in [3.63, 3.8) is 0 Å². The molecule has 3 aromatic carbocycles. The van der Waals surface area contributed by atoms with Gasteiger partial charge in [0, 0.05) is 31.1 Å². The average molecular weight is 410 g/mol. The maximum atomic E-state index is 13.1. The number of imidazole rings is 1. The van der Waals surface area contributed by atoms with Gasteiger partial charge in [-0.3, -0.25) is 4.79 Å². The van der Waals surface area contributed by atoms with E-state index in [9.17, 15) is 4.79 Å². The monoisotopic (exact) mass is 409 g/mol. The van der Waals surface area contributed by atoms with Crippen LogP contribution in [0.2, 0.25) is 0 Å². The van der Waals surface area contributed by atoms with Crippen LogP contribution in [-0.2, 0) is 17.8 Å². The second kappa shape index (κ2) is 8.03. The zero-order valence-corrected chi connectivity index (χ0v) is 18.1. The summed E-state index contributed by atoms with van der Waals surface area (Å²) in [7, 11) is 0. The SMILES string of the molecule is CCc1ccccc1N1C[C@H](c2nc3ccccc3n2Cc2ccccc2C)CC1=O. The molecule has 1 atom stereocenters. The van der Waals surface area contributed by atoms with Crippen LogP contribution in [0.3, 0.4) is 0 Å². The summed E-state index contributed by atoms with van der Waals surface area (Å²) in [5.74, 6) is 1.27. The summed E-state index contributed by atoms with van der Waals surface area (Å²) < 4.78 is 2.31. The molecule has 1 aliphatic heterocycles. The van der Waals surface area contributed by atoms with Gasteiger partial charge in [0.05, 0.1) is 11.0 Å². The quantitative estimate of drug-likeness (QED) is 0.438. The van der Waals surface area contributed by atoms with E-state index in [1.54, 1.807) is 0 Å². The van der Waals surface area contributed by atoms with Gasteiger partial charge in [-0.1, -0.05) is 61.5 Å². The van der Waals surface area contributed by atoms with Crippen molar-refractivity contribution in [1.82, 2.24) is 9.55 Å². The lowest BCUT2D eigenvalue weighted by Crippen LogP contribution is -2.25. The normalized spacial score (nSPS) is 16.4. The van der Waals surface area contributed by atoms with E-state index in [1.165, 1.54) is 16.7 Å². The van der Waals surface area contributed by atoms with Crippen molar-refractivity contribution in [3.8, 4) is 0 Å². The van der Waals surface area contributed by atoms with E-state index in [0.29, 0.717) is 13.0 Å². The number of aromatic nitrogens is 2. The van der Waals surface area contributed by atoms with Gasteiger partial charge in [-0.2, -0.15) is 0 Å². The molecule has 1 saturated heterocycles. The number of nitrogens with zero attached hydrogens (tertiary/aromatic N) is 3.